The number of hydrogen-bond donors (Lipinski definition) is 2. The molecule has 0 saturated carbocycles. The van der Waals surface area contributed by atoms with E-state index < -0.39 is 11.9 Å². The van der Waals surface area contributed by atoms with Crippen LogP contribution in [0.5, 0.6) is 0 Å². The molecule has 0 aromatic carbocycles. The molecule has 3 aromatic rings. The topological polar surface area (TPSA) is 114 Å². The molecule has 2 bridgehead atoms. The second-order valence-electron chi connectivity index (χ2n) is 10.5. The van der Waals surface area contributed by atoms with Gasteiger partial charge in [0.2, 0.25) is 11.9 Å². The molecule has 39 heavy (non-hydrogen) atoms. The molecule has 2 saturated heterocycles. The fourth-order valence-corrected chi connectivity index (χ4v) is 5.74. The van der Waals surface area contributed by atoms with Crippen LogP contribution in [0.4, 0.5) is 15.8 Å². The number of ether oxygens (including phenoxy) is 1. The van der Waals surface area contributed by atoms with Gasteiger partial charge in [0, 0.05) is 45.9 Å². The van der Waals surface area contributed by atoms with E-state index in [9.17, 15) is 14.0 Å². The largest absolute Gasteiger partial charge is 0.378 e. The first kappa shape index (κ1) is 25.3. The number of pyridine rings is 2. The van der Waals surface area contributed by atoms with Crippen molar-refractivity contribution in [3.63, 3.8) is 0 Å². The van der Waals surface area contributed by atoms with Gasteiger partial charge in [0.15, 0.2) is 0 Å². The van der Waals surface area contributed by atoms with E-state index in [-0.39, 0.29) is 39.0 Å². The second kappa shape index (κ2) is 10.3. The fraction of sp³-hybridized carbons (Fsp3) is 0.393. The first-order chi connectivity index (χ1) is 18.8. The Hall–Kier alpha value is -3.96. The van der Waals surface area contributed by atoms with Gasteiger partial charge in [-0.15, -0.1) is 0 Å². The molecular weight excluding hydrogens is 501 g/mol. The Morgan fingerprint density at radius 3 is 2.67 bits per heavy atom. The van der Waals surface area contributed by atoms with E-state index in [4.69, 9.17) is 4.74 Å². The van der Waals surface area contributed by atoms with Crippen molar-refractivity contribution in [2.24, 2.45) is 7.05 Å². The number of carbonyl (C=O) groups excluding carboxylic acids is 2. The van der Waals surface area contributed by atoms with Gasteiger partial charge < -0.3 is 15.4 Å². The van der Waals surface area contributed by atoms with Gasteiger partial charge in [-0.05, 0) is 48.6 Å². The summed E-state index contributed by atoms with van der Waals surface area (Å²) in [6, 6.07) is 3.64. The maximum Gasteiger partial charge on any atom is 0.257 e. The SMILES string of the molecule is CC1CC(c2cnn(C)c2)=Cc2cc(C(=O)Nc3cc(NC(=O)CN4C5CCC4COC5)cnc3F)cnc21.[HH].[HH]. The van der Waals surface area contributed by atoms with E-state index in [0.29, 0.717) is 24.5 Å². The second-order valence-corrected chi connectivity index (χ2v) is 10.5. The van der Waals surface area contributed by atoms with Crippen molar-refractivity contribution in [3.8, 4) is 0 Å². The third kappa shape index (κ3) is 5.19. The molecule has 0 radical (unpaired) electrons. The van der Waals surface area contributed by atoms with E-state index in [0.717, 1.165) is 41.7 Å². The molecule has 3 aromatic heterocycles. The van der Waals surface area contributed by atoms with Gasteiger partial charge in [-0.3, -0.25) is 24.2 Å². The zero-order valence-corrected chi connectivity index (χ0v) is 21.9. The Morgan fingerprint density at radius 2 is 1.92 bits per heavy atom. The predicted molar refractivity (Wildman–Crippen MR) is 148 cm³/mol. The highest BCUT2D eigenvalue weighted by Crippen LogP contribution is 2.37. The highest BCUT2D eigenvalue weighted by molar-refractivity contribution is 6.05. The summed E-state index contributed by atoms with van der Waals surface area (Å²) in [6.45, 7) is 3.59. The van der Waals surface area contributed by atoms with Gasteiger partial charge in [0.25, 0.3) is 5.91 Å². The summed E-state index contributed by atoms with van der Waals surface area (Å²) >= 11 is 0. The predicted octanol–water partition coefficient (Wildman–Crippen LogP) is 3.94. The molecule has 2 N–H and O–H groups in total. The maximum absolute atomic E-state index is 14.5. The van der Waals surface area contributed by atoms with E-state index in [1.165, 1.54) is 18.5 Å². The summed E-state index contributed by atoms with van der Waals surface area (Å²) in [6.07, 6.45) is 11.4. The molecule has 11 heteroatoms. The summed E-state index contributed by atoms with van der Waals surface area (Å²) in [7, 11) is 1.87. The van der Waals surface area contributed by atoms with Crippen molar-refractivity contribution >= 4 is 34.8 Å². The van der Waals surface area contributed by atoms with Gasteiger partial charge in [0.1, 0.15) is 0 Å². The number of halogens is 1. The van der Waals surface area contributed by atoms with Gasteiger partial charge in [-0.2, -0.15) is 9.49 Å². The number of aryl methyl sites for hydroxylation is 1. The molecule has 2 aliphatic heterocycles. The molecule has 5 heterocycles. The van der Waals surface area contributed by atoms with Crippen molar-refractivity contribution in [2.75, 3.05) is 30.4 Å². The number of aromatic nitrogens is 4. The molecule has 206 valence electrons. The lowest BCUT2D eigenvalue weighted by molar-refractivity contribution is -0.120. The number of rotatable bonds is 6. The summed E-state index contributed by atoms with van der Waals surface area (Å²) in [5.74, 6) is -1.41. The summed E-state index contributed by atoms with van der Waals surface area (Å²) in [5.41, 5.74) is 4.37. The van der Waals surface area contributed by atoms with E-state index in [2.05, 4.69) is 37.5 Å². The van der Waals surface area contributed by atoms with Crippen LogP contribution in [0.25, 0.3) is 11.6 Å². The number of nitrogens with zero attached hydrogens (tertiary/aromatic N) is 5. The van der Waals surface area contributed by atoms with Crippen LogP contribution in [-0.2, 0) is 16.6 Å². The Balaban J connectivity index is 0.00000194. The van der Waals surface area contributed by atoms with Gasteiger partial charge >= 0.3 is 0 Å². The number of carbonyl (C=O) groups is 2. The van der Waals surface area contributed by atoms with Crippen molar-refractivity contribution in [1.29, 1.82) is 0 Å². The number of allylic oxidation sites excluding steroid dienone is 1. The average molecular weight is 536 g/mol. The van der Waals surface area contributed by atoms with Crippen molar-refractivity contribution in [3.05, 3.63) is 65.3 Å². The highest BCUT2D eigenvalue weighted by Gasteiger charge is 2.38. The van der Waals surface area contributed by atoms with Crippen LogP contribution in [0, 0.1) is 5.95 Å². The number of amides is 2. The number of hydrogen-bond acceptors (Lipinski definition) is 7. The number of fused-ring (bicyclic) bond motifs is 3. The summed E-state index contributed by atoms with van der Waals surface area (Å²) < 4.78 is 21.9. The van der Waals surface area contributed by atoms with E-state index >= 15 is 0 Å². The van der Waals surface area contributed by atoms with Crippen molar-refractivity contribution in [1.82, 2.24) is 24.6 Å². The minimum atomic E-state index is -0.842. The summed E-state index contributed by atoms with van der Waals surface area (Å²) in [4.78, 5) is 36.2. The lowest BCUT2D eigenvalue weighted by Gasteiger charge is -2.33. The Kier molecular flexibility index (Phi) is 6.69. The van der Waals surface area contributed by atoms with Gasteiger partial charge in [-0.25, -0.2) is 4.98 Å². The monoisotopic (exact) mass is 535 g/mol. The third-order valence-corrected chi connectivity index (χ3v) is 7.70. The number of morpholine rings is 1. The first-order valence-electron chi connectivity index (χ1n) is 13.1. The zero-order chi connectivity index (χ0) is 27.1. The molecule has 10 nitrogen and oxygen atoms in total. The standard InChI is InChI=1S/C28H30FN7O3.2H2/c1-16-5-17(20-10-32-35(2)12-20)6-18-7-19(9-30-26(16)18)28(38)34-24-8-21(11-31-27(24)29)33-25(37)13-36-22-3-4-23(36)15-39-14-22;;/h6-12,16,22-23H,3-5,13-15H2,1-2H3,(H,33,37)(H,34,38);2*1H. The molecule has 0 spiro atoms. The Bertz CT molecular complexity index is 1460. The minimum absolute atomic E-state index is 0. The molecule has 6 rings (SSSR count). The molecular formula is C28H34FN7O3. The number of nitrogens with one attached hydrogen (secondary N) is 2. The van der Waals surface area contributed by atoms with E-state index in [1.807, 2.05) is 25.5 Å². The maximum atomic E-state index is 14.5. The molecule has 1 aliphatic carbocycles. The average Bonchev–Trinajstić information content (AvgIpc) is 3.43. The normalized spacial score (nSPS) is 22.2. The summed E-state index contributed by atoms with van der Waals surface area (Å²) in [5, 5.41) is 9.62. The lowest BCUT2D eigenvalue weighted by Crippen LogP contribution is -2.48. The fourth-order valence-electron chi connectivity index (χ4n) is 5.74. The van der Waals surface area contributed by atoms with Crippen LogP contribution in [0.1, 0.15) is 62.1 Å². The minimum Gasteiger partial charge on any atom is -0.378 e. The molecule has 2 fully saturated rings. The smallest absolute Gasteiger partial charge is 0.257 e. The molecule has 3 atom stereocenters. The van der Waals surface area contributed by atoms with Crippen LogP contribution in [0.2, 0.25) is 0 Å². The van der Waals surface area contributed by atoms with Gasteiger partial charge in [-0.1, -0.05) is 6.92 Å². The van der Waals surface area contributed by atoms with Crippen LogP contribution in [0.15, 0.2) is 36.9 Å². The zero-order valence-electron chi connectivity index (χ0n) is 21.9. The lowest BCUT2D eigenvalue weighted by atomic mass is 9.85. The quantitative estimate of drug-likeness (QED) is 0.460. The third-order valence-electron chi connectivity index (χ3n) is 7.70. The Morgan fingerprint density at radius 1 is 1.13 bits per heavy atom. The number of anilines is 2. The van der Waals surface area contributed by atoms with Crippen molar-refractivity contribution in [2.45, 2.75) is 44.2 Å². The van der Waals surface area contributed by atoms with Crippen LogP contribution in [0.3, 0.4) is 0 Å². The van der Waals surface area contributed by atoms with Crippen LogP contribution < -0.4 is 10.6 Å². The van der Waals surface area contributed by atoms with Crippen LogP contribution in [-0.4, -0.2) is 68.3 Å². The van der Waals surface area contributed by atoms with E-state index in [1.54, 1.807) is 10.7 Å². The molecule has 3 unspecified atom stereocenters. The molecule has 2 amide bonds. The van der Waals surface area contributed by atoms with Crippen LogP contribution >= 0.6 is 0 Å². The van der Waals surface area contributed by atoms with Crippen molar-refractivity contribution < 1.29 is 21.6 Å². The first-order valence-corrected chi connectivity index (χ1v) is 13.1. The van der Waals surface area contributed by atoms with Gasteiger partial charge in [0.05, 0.1) is 54.8 Å². The highest BCUT2D eigenvalue weighted by atomic mass is 19.1. The Labute approximate surface area is 228 Å². The molecule has 3 aliphatic rings.